The third kappa shape index (κ3) is 2.81. The maximum absolute atomic E-state index is 11.2. The highest BCUT2D eigenvalue weighted by atomic mass is 32.1. The zero-order valence-corrected chi connectivity index (χ0v) is 12.8. The lowest BCUT2D eigenvalue weighted by molar-refractivity contribution is -0.122. The Kier molecular flexibility index (Phi) is 4.07. The van der Waals surface area contributed by atoms with Gasteiger partial charge in [0.1, 0.15) is 0 Å². The van der Waals surface area contributed by atoms with Gasteiger partial charge in [0.2, 0.25) is 5.91 Å². The number of carbonyl (C=O) groups is 1. The van der Waals surface area contributed by atoms with Crippen molar-refractivity contribution in [3.8, 4) is 17.3 Å². The Bertz CT molecular complexity index is 726. The van der Waals surface area contributed by atoms with E-state index in [9.17, 15) is 10.1 Å². The average Bonchev–Trinajstić information content (AvgIpc) is 3.04. The minimum Gasteiger partial charge on any atom is -0.369 e. The smallest absolute Gasteiger partial charge is 0.220 e. The molecule has 0 radical (unpaired) electrons. The van der Waals surface area contributed by atoms with Crippen LogP contribution in [0.1, 0.15) is 18.4 Å². The van der Waals surface area contributed by atoms with Crippen LogP contribution in [-0.4, -0.2) is 24.0 Å². The second kappa shape index (κ2) is 6.16. The Morgan fingerprint density at radius 2 is 2.09 bits per heavy atom. The van der Waals surface area contributed by atoms with Gasteiger partial charge >= 0.3 is 0 Å². The summed E-state index contributed by atoms with van der Waals surface area (Å²) in [5, 5.41) is 12.1. The zero-order valence-electron chi connectivity index (χ0n) is 12.0. The first-order valence-corrected chi connectivity index (χ1v) is 8.06. The fraction of sp³-hybridized carbons (Fsp3) is 0.312. The fourth-order valence-electron chi connectivity index (χ4n) is 2.69. The predicted molar refractivity (Wildman–Crippen MR) is 86.4 cm³/mol. The van der Waals surface area contributed by atoms with Crippen LogP contribution in [0.2, 0.25) is 0 Å². The molecule has 0 saturated carbocycles. The van der Waals surface area contributed by atoms with Gasteiger partial charge in [-0.25, -0.2) is 4.98 Å². The van der Waals surface area contributed by atoms with Crippen LogP contribution in [0.25, 0.3) is 11.3 Å². The lowest BCUT2D eigenvalue weighted by atomic mass is 9.97. The number of primary amides is 1. The molecule has 1 aliphatic heterocycles. The second-order valence-corrected chi connectivity index (χ2v) is 6.17. The van der Waals surface area contributed by atoms with Crippen molar-refractivity contribution in [1.29, 1.82) is 5.26 Å². The number of hydrogen-bond donors (Lipinski definition) is 1. The number of piperidine rings is 1. The highest BCUT2D eigenvalue weighted by molar-refractivity contribution is 7.14. The molecule has 6 heteroatoms. The topological polar surface area (TPSA) is 83.0 Å². The first kappa shape index (κ1) is 14.5. The second-order valence-electron chi connectivity index (χ2n) is 5.34. The van der Waals surface area contributed by atoms with Crippen molar-refractivity contribution in [1.82, 2.24) is 4.98 Å². The number of nitriles is 1. The van der Waals surface area contributed by atoms with Crippen LogP contribution in [0.5, 0.6) is 0 Å². The van der Waals surface area contributed by atoms with Crippen molar-refractivity contribution < 1.29 is 4.79 Å². The molecule has 1 saturated heterocycles. The molecule has 0 spiro atoms. The van der Waals surface area contributed by atoms with Crippen LogP contribution in [0.3, 0.4) is 0 Å². The van der Waals surface area contributed by atoms with Crippen molar-refractivity contribution in [2.75, 3.05) is 18.0 Å². The number of carbonyl (C=O) groups excluding carboxylic acids is 1. The molecule has 5 nitrogen and oxygen atoms in total. The summed E-state index contributed by atoms with van der Waals surface area (Å²) in [6.45, 7) is 1.58. The van der Waals surface area contributed by atoms with Gasteiger partial charge in [0.05, 0.1) is 17.3 Å². The van der Waals surface area contributed by atoms with Crippen molar-refractivity contribution in [2.24, 2.45) is 11.7 Å². The van der Waals surface area contributed by atoms with Gasteiger partial charge in [0.15, 0.2) is 5.13 Å². The molecular formula is C16H16N4OS. The summed E-state index contributed by atoms with van der Waals surface area (Å²) in [6.07, 6.45) is 1.55. The number of thiazole rings is 1. The molecule has 0 bridgehead atoms. The van der Waals surface area contributed by atoms with E-state index >= 15 is 0 Å². The lowest BCUT2D eigenvalue weighted by Gasteiger charge is -2.30. The summed E-state index contributed by atoms with van der Waals surface area (Å²) >= 11 is 1.57. The van der Waals surface area contributed by atoms with Crippen LogP contribution in [-0.2, 0) is 4.79 Å². The van der Waals surface area contributed by atoms with Gasteiger partial charge in [-0.3, -0.25) is 4.79 Å². The monoisotopic (exact) mass is 312 g/mol. The number of benzene rings is 1. The fourth-order valence-corrected chi connectivity index (χ4v) is 3.57. The molecular weight excluding hydrogens is 296 g/mol. The van der Waals surface area contributed by atoms with Crippen molar-refractivity contribution in [2.45, 2.75) is 12.8 Å². The quantitative estimate of drug-likeness (QED) is 0.943. The molecule has 0 aliphatic carbocycles. The summed E-state index contributed by atoms with van der Waals surface area (Å²) < 4.78 is 0. The number of nitrogens with zero attached hydrogens (tertiary/aromatic N) is 3. The summed E-state index contributed by atoms with van der Waals surface area (Å²) in [4.78, 5) is 18.1. The first-order valence-electron chi connectivity index (χ1n) is 7.18. The van der Waals surface area contributed by atoms with Crippen molar-refractivity contribution in [3.63, 3.8) is 0 Å². The number of rotatable bonds is 3. The Balaban J connectivity index is 1.78. The summed E-state index contributed by atoms with van der Waals surface area (Å²) in [5.74, 6) is -0.225. The Morgan fingerprint density at radius 1 is 1.36 bits per heavy atom. The number of amides is 1. The molecule has 0 atom stereocenters. The maximum atomic E-state index is 11.2. The molecule has 1 fully saturated rings. The highest BCUT2D eigenvalue weighted by Gasteiger charge is 2.24. The first-order chi connectivity index (χ1) is 10.7. The molecule has 1 aromatic heterocycles. The van der Waals surface area contributed by atoms with Gasteiger partial charge in [-0.1, -0.05) is 18.2 Å². The zero-order chi connectivity index (χ0) is 15.5. The SMILES string of the molecule is N#Cc1ccccc1-c1csc(N2CCC(C(N)=O)CC2)n1. The van der Waals surface area contributed by atoms with Crippen molar-refractivity contribution >= 4 is 22.4 Å². The minimum atomic E-state index is -0.206. The molecule has 1 amide bonds. The van der Waals surface area contributed by atoms with E-state index in [0.717, 1.165) is 42.3 Å². The third-order valence-electron chi connectivity index (χ3n) is 3.98. The van der Waals surface area contributed by atoms with E-state index in [0.29, 0.717) is 5.56 Å². The maximum Gasteiger partial charge on any atom is 0.220 e. The van der Waals surface area contributed by atoms with E-state index in [4.69, 9.17) is 5.73 Å². The van der Waals surface area contributed by atoms with Gasteiger partial charge in [-0.2, -0.15) is 5.26 Å². The van der Waals surface area contributed by atoms with Gasteiger partial charge < -0.3 is 10.6 Å². The molecule has 1 aliphatic rings. The van der Waals surface area contributed by atoms with E-state index in [2.05, 4.69) is 16.0 Å². The van der Waals surface area contributed by atoms with E-state index in [1.807, 2.05) is 23.6 Å². The van der Waals surface area contributed by atoms with Gasteiger partial charge in [0, 0.05) is 30.0 Å². The molecule has 0 unspecified atom stereocenters. The molecule has 3 rings (SSSR count). The summed E-state index contributed by atoms with van der Waals surface area (Å²) in [5.41, 5.74) is 7.68. The van der Waals surface area contributed by atoms with E-state index in [-0.39, 0.29) is 11.8 Å². The summed E-state index contributed by atoms with van der Waals surface area (Å²) in [7, 11) is 0. The van der Waals surface area contributed by atoms with Crippen molar-refractivity contribution in [3.05, 3.63) is 35.2 Å². The number of aromatic nitrogens is 1. The largest absolute Gasteiger partial charge is 0.369 e. The Hall–Kier alpha value is -2.39. The standard InChI is InChI=1S/C16H16N4OS/c17-9-12-3-1-2-4-13(12)14-10-22-16(19-14)20-7-5-11(6-8-20)15(18)21/h1-4,10-11H,5-8H2,(H2,18,21). The number of anilines is 1. The third-order valence-corrected chi connectivity index (χ3v) is 4.88. The average molecular weight is 312 g/mol. The van der Waals surface area contributed by atoms with Crippen LogP contribution in [0.4, 0.5) is 5.13 Å². The predicted octanol–water partition coefficient (Wildman–Crippen LogP) is 2.38. The van der Waals surface area contributed by atoms with Gasteiger partial charge in [0.25, 0.3) is 0 Å². The molecule has 1 aromatic carbocycles. The van der Waals surface area contributed by atoms with Crippen LogP contribution < -0.4 is 10.6 Å². The van der Waals surface area contributed by atoms with E-state index in [1.165, 1.54) is 0 Å². The van der Waals surface area contributed by atoms with Crippen LogP contribution in [0, 0.1) is 17.2 Å². The van der Waals surface area contributed by atoms with Gasteiger partial charge in [-0.05, 0) is 18.9 Å². The lowest BCUT2D eigenvalue weighted by Crippen LogP contribution is -2.38. The Morgan fingerprint density at radius 3 is 2.77 bits per heavy atom. The molecule has 112 valence electrons. The molecule has 2 heterocycles. The van der Waals surface area contributed by atoms with Crippen LogP contribution >= 0.6 is 11.3 Å². The molecule has 22 heavy (non-hydrogen) atoms. The van der Waals surface area contributed by atoms with Crippen LogP contribution in [0.15, 0.2) is 29.6 Å². The molecule has 2 aromatic rings. The number of hydrogen-bond acceptors (Lipinski definition) is 5. The minimum absolute atomic E-state index is 0.0185. The van der Waals surface area contributed by atoms with E-state index in [1.54, 1.807) is 17.4 Å². The number of nitrogens with two attached hydrogens (primary N) is 1. The normalized spacial score (nSPS) is 15.5. The summed E-state index contributed by atoms with van der Waals surface area (Å²) in [6, 6.07) is 9.67. The highest BCUT2D eigenvalue weighted by Crippen LogP contribution is 2.31. The molecule has 2 N–H and O–H groups in total. The van der Waals surface area contributed by atoms with Gasteiger partial charge in [-0.15, -0.1) is 11.3 Å². The Labute approximate surface area is 133 Å². The van der Waals surface area contributed by atoms with E-state index < -0.39 is 0 Å².